The fourth-order valence-electron chi connectivity index (χ4n) is 3.61. The molecular formula is C22H26N2O3. The van der Waals surface area contributed by atoms with Crippen molar-refractivity contribution in [3.05, 3.63) is 60.2 Å². The van der Waals surface area contributed by atoms with E-state index in [1.165, 1.54) is 0 Å². The molecule has 27 heavy (non-hydrogen) atoms. The van der Waals surface area contributed by atoms with E-state index in [1.54, 1.807) is 17.0 Å². The minimum atomic E-state index is -0.500. The molecule has 2 aromatic carbocycles. The second-order valence-electron chi connectivity index (χ2n) is 7.36. The third-order valence-electron chi connectivity index (χ3n) is 4.75. The first kappa shape index (κ1) is 19.0. The fraction of sp³-hybridized carbons (Fsp3) is 0.364. The Hall–Kier alpha value is -2.82. The lowest BCUT2D eigenvalue weighted by Gasteiger charge is -2.34. The Morgan fingerprint density at radius 1 is 1.00 bits per heavy atom. The number of carbonyl (C=O) groups excluding carboxylic acids is 2. The lowest BCUT2D eigenvalue weighted by molar-refractivity contribution is -0.137. The van der Waals surface area contributed by atoms with Crippen molar-refractivity contribution in [1.29, 1.82) is 0 Å². The predicted octanol–water partition coefficient (Wildman–Crippen LogP) is 4.09. The summed E-state index contributed by atoms with van der Waals surface area (Å²) in [6.45, 7) is 5.53. The molecule has 0 spiro atoms. The molecule has 1 aliphatic rings. The van der Waals surface area contributed by atoms with E-state index in [0.717, 1.165) is 25.2 Å². The summed E-state index contributed by atoms with van der Waals surface area (Å²) in [5.41, 5.74) is 1.95. The zero-order chi connectivity index (χ0) is 19.2. The Labute approximate surface area is 160 Å². The van der Waals surface area contributed by atoms with E-state index >= 15 is 0 Å². The number of amides is 1. The van der Waals surface area contributed by atoms with Crippen LogP contribution < -0.4 is 5.32 Å². The van der Waals surface area contributed by atoms with Crippen molar-refractivity contribution >= 4 is 23.3 Å². The Morgan fingerprint density at radius 3 is 2.33 bits per heavy atom. The van der Waals surface area contributed by atoms with Crippen LogP contribution in [0.15, 0.2) is 54.6 Å². The number of rotatable bonds is 5. The van der Waals surface area contributed by atoms with E-state index in [1.807, 2.05) is 42.5 Å². The van der Waals surface area contributed by atoms with Crippen LogP contribution >= 0.6 is 0 Å². The Morgan fingerprint density at radius 2 is 1.63 bits per heavy atom. The topological polar surface area (TPSA) is 58.6 Å². The molecule has 1 aliphatic heterocycles. The lowest BCUT2D eigenvalue weighted by atomic mass is 9.92. The van der Waals surface area contributed by atoms with Crippen LogP contribution in [0.2, 0.25) is 0 Å². The number of nitrogens with zero attached hydrogens (tertiary/aromatic N) is 1. The van der Waals surface area contributed by atoms with Crippen LogP contribution in [0.5, 0.6) is 0 Å². The number of carbonyl (C=O) groups is 2. The molecule has 0 saturated carbocycles. The average Bonchev–Trinajstić information content (AvgIpc) is 2.66. The van der Waals surface area contributed by atoms with Crippen LogP contribution in [-0.2, 0) is 9.53 Å². The van der Waals surface area contributed by atoms with Crippen molar-refractivity contribution in [3.63, 3.8) is 0 Å². The van der Waals surface area contributed by atoms with Crippen LogP contribution in [0.3, 0.4) is 0 Å². The van der Waals surface area contributed by atoms with Crippen LogP contribution in [-0.4, -0.2) is 36.5 Å². The standard InChI is InChI=1S/C22H26N2O3/c1-16-12-17(2)14-24(13-16)21(25)15-27-22(26)19-10-6-7-11-20(19)23-18-8-4-3-5-9-18/h3-11,16-17,23H,12-15H2,1-2H3/t16-,17-/m0/s1. The maximum Gasteiger partial charge on any atom is 0.340 e. The van der Waals surface area contributed by atoms with Crippen LogP contribution in [0, 0.1) is 11.8 Å². The molecule has 2 aromatic rings. The van der Waals surface area contributed by atoms with Gasteiger partial charge in [-0.3, -0.25) is 4.79 Å². The van der Waals surface area contributed by atoms with Gasteiger partial charge in [0.15, 0.2) is 6.61 Å². The largest absolute Gasteiger partial charge is 0.452 e. The molecule has 5 nitrogen and oxygen atoms in total. The number of para-hydroxylation sites is 2. The minimum absolute atomic E-state index is 0.129. The van der Waals surface area contributed by atoms with Crippen LogP contribution in [0.4, 0.5) is 11.4 Å². The van der Waals surface area contributed by atoms with Crippen molar-refractivity contribution in [2.75, 3.05) is 25.0 Å². The summed E-state index contributed by atoms with van der Waals surface area (Å²) in [4.78, 5) is 26.8. The molecule has 1 amide bonds. The summed E-state index contributed by atoms with van der Waals surface area (Å²) in [6.07, 6.45) is 1.13. The van der Waals surface area contributed by atoms with Crippen molar-refractivity contribution < 1.29 is 14.3 Å². The van der Waals surface area contributed by atoms with Gasteiger partial charge in [0, 0.05) is 18.8 Å². The maximum absolute atomic E-state index is 12.5. The highest BCUT2D eigenvalue weighted by molar-refractivity contribution is 5.97. The second kappa shape index (κ2) is 8.71. The van der Waals surface area contributed by atoms with E-state index in [0.29, 0.717) is 23.1 Å². The van der Waals surface area contributed by atoms with Crippen molar-refractivity contribution in [2.24, 2.45) is 11.8 Å². The van der Waals surface area contributed by atoms with E-state index in [4.69, 9.17) is 4.74 Å². The van der Waals surface area contributed by atoms with Gasteiger partial charge < -0.3 is 15.0 Å². The number of esters is 1. The monoisotopic (exact) mass is 366 g/mol. The molecule has 0 bridgehead atoms. The van der Waals surface area contributed by atoms with Gasteiger partial charge in [0.05, 0.1) is 11.3 Å². The molecule has 5 heteroatoms. The molecule has 1 fully saturated rings. The number of likely N-dealkylation sites (tertiary alicyclic amines) is 1. The molecule has 0 aliphatic carbocycles. The van der Waals surface area contributed by atoms with Gasteiger partial charge in [-0.2, -0.15) is 0 Å². The predicted molar refractivity (Wildman–Crippen MR) is 106 cm³/mol. The first-order valence-electron chi connectivity index (χ1n) is 9.39. The number of piperidine rings is 1. The molecule has 1 saturated heterocycles. The molecule has 0 aromatic heterocycles. The number of benzene rings is 2. The van der Waals surface area contributed by atoms with E-state index < -0.39 is 5.97 Å². The molecule has 3 rings (SSSR count). The summed E-state index contributed by atoms with van der Waals surface area (Å²) < 4.78 is 5.32. The van der Waals surface area contributed by atoms with Gasteiger partial charge in [-0.15, -0.1) is 0 Å². The highest BCUT2D eigenvalue weighted by Gasteiger charge is 2.26. The Kier molecular flexibility index (Phi) is 6.12. The normalized spacial score (nSPS) is 19.4. The summed E-state index contributed by atoms with van der Waals surface area (Å²) in [7, 11) is 0. The van der Waals surface area contributed by atoms with Gasteiger partial charge in [-0.05, 0) is 42.5 Å². The van der Waals surface area contributed by atoms with E-state index in [2.05, 4.69) is 19.2 Å². The molecule has 1 heterocycles. The number of hydrogen-bond donors (Lipinski definition) is 1. The summed E-state index contributed by atoms with van der Waals surface area (Å²) in [6, 6.07) is 16.8. The van der Waals surface area contributed by atoms with E-state index in [-0.39, 0.29) is 12.5 Å². The Balaban J connectivity index is 1.62. The second-order valence-corrected chi connectivity index (χ2v) is 7.36. The smallest absolute Gasteiger partial charge is 0.340 e. The first-order chi connectivity index (χ1) is 13.0. The highest BCUT2D eigenvalue weighted by Crippen LogP contribution is 2.23. The van der Waals surface area contributed by atoms with Crippen molar-refractivity contribution in [1.82, 2.24) is 4.90 Å². The SMILES string of the molecule is C[C@H]1C[C@H](C)CN(C(=O)COC(=O)c2ccccc2Nc2ccccc2)C1. The molecular weight excluding hydrogens is 340 g/mol. The first-order valence-corrected chi connectivity index (χ1v) is 9.39. The zero-order valence-corrected chi connectivity index (χ0v) is 15.9. The molecule has 142 valence electrons. The molecule has 0 radical (unpaired) electrons. The van der Waals surface area contributed by atoms with Crippen LogP contribution in [0.25, 0.3) is 0 Å². The quantitative estimate of drug-likeness (QED) is 0.810. The van der Waals surface area contributed by atoms with Gasteiger partial charge in [0.2, 0.25) is 0 Å². The molecule has 2 atom stereocenters. The number of hydrogen-bond acceptors (Lipinski definition) is 4. The number of nitrogens with one attached hydrogen (secondary N) is 1. The van der Waals surface area contributed by atoms with Gasteiger partial charge in [0.25, 0.3) is 5.91 Å². The van der Waals surface area contributed by atoms with Gasteiger partial charge in [0.1, 0.15) is 0 Å². The zero-order valence-electron chi connectivity index (χ0n) is 15.9. The minimum Gasteiger partial charge on any atom is -0.452 e. The van der Waals surface area contributed by atoms with E-state index in [9.17, 15) is 9.59 Å². The van der Waals surface area contributed by atoms with Gasteiger partial charge >= 0.3 is 5.97 Å². The van der Waals surface area contributed by atoms with Gasteiger partial charge in [-0.1, -0.05) is 44.2 Å². The van der Waals surface area contributed by atoms with Crippen molar-refractivity contribution in [2.45, 2.75) is 20.3 Å². The maximum atomic E-state index is 12.5. The highest BCUT2D eigenvalue weighted by atomic mass is 16.5. The van der Waals surface area contributed by atoms with Crippen LogP contribution in [0.1, 0.15) is 30.6 Å². The molecule has 0 unspecified atom stereocenters. The van der Waals surface area contributed by atoms with Gasteiger partial charge in [-0.25, -0.2) is 4.79 Å². The lowest BCUT2D eigenvalue weighted by Crippen LogP contribution is -2.44. The number of ether oxygens (including phenoxy) is 1. The Bertz CT molecular complexity index is 781. The third kappa shape index (κ3) is 5.09. The molecule has 1 N–H and O–H groups in total. The third-order valence-corrected chi connectivity index (χ3v) is 4.75. The summed E-state index contributed by atoms with van der Waals surface area (Å²) in [5.74, 6) is 0.323. The fourth-order valence-corrected chi connectivity index (χ4v) is 3.61. The van der Waals surface area contributed by atoms with Crippen molar-refractivity contribution in [3.8, 4) is 0 Å². The average molecular weight is 366 g/mol. The number of anilines is 2. The summed E-state index contributed by atoms with van der Waals surface area (Å²) in [5, 5.41) is 3.22. The summed E-state index contributed by atoms with van der Waals surface area (Å²) >= 11 is 0.